The molecule has 0 bridgehead atoms. The second kappa shape index (κ2) is 4.93. The predicted molar refractivity (Wildman–Crippen MR) is 67.5 cm³/mol. The van der Waals surface area contributed by atoms with E-state index >= 15 is 0 Å². The van der Waals surface area contributed by atoms with Crippen molar-refractivity contribution in [3.8, 4) is 0 Å². The summed E-state index contributed by atoms with van der Waals surface area (Å²) >= 11 is 0. The smallest absolute Gasteiger partial charge is 0.284 e. The molecule has 1 aliphatic rings. The molecule has 0 aromatic carbocycles. The topological polar surface area (TPSA) is 107 Å². The second-order valence-electron chi connectivity index (χ2n) is 4.67. The Kier molecular flexibility index (Phi) is 3.12. The molecule has 0 spiro atoms. The Labute approximate surface area is 109 Å². The Hall–Kier alpha value is -2.02. The molecule has 1 unspecified atom stereocenters. The molecule has 19 heavy (non-hydrogen) atoms. The third kappa shape index (κ3) is 2.55. The number of nitrogens with two attached hydrogens (primary N) is 1. The Morgan fingerprint density at radius 3 is 3.11 bits per heavy atom. The van der Waals surface area contributed by atoms with Crippen molar-refractivity contribution >= 4 is 17.1 Å². The number of aromatic amines is 1. The molecule has 2 aromatic heterocycles. The van der Waals surface area contributed by atoms with Gasteiger partial charge in [-0.1, -0.05) is 0 Å². The first-order valence-corrected chi connectivity index (χ1v) is 6.35. The van der Waals surface area contributed by atoms with Crippen molar-refractivity contribution in [1.82, 2.24) is 19.9 Å². The van der Waals surface area contributed by atoms with Crippen LogP contribution in [0, 0.1) is 0 Å². The summed E-state index contributed by atoms with van der Waals surface area (Å²) in [5, 5.41) is 0. The molecule has 7 heteroatoms. The van der Waals surface area contributed by atoms with Gasteiger partial charge in [0.25, 0.3) is 5.91 Å². The van der Waals surface area contributed by atoms with E-state index in [1.165, 1.54) is 6.42 Å². The fraction of sp³-hybridized carbons (Fsp3) is 0.500. The number of rotatable bonds is 3. The zero-order valence-corrected chi connectivity index (χ0v) is 10.4. The maximum atomic E-state index is 11.0. The van der Waals surface area contributed by atoms with Gasteiger partial charge in [-0.15, -0.1) is 0 Å². The third-order valence-electron chi connectivity index (χ3n) is 3.21. The molecule has 1 aliphatic heterocycles. The maximum absolute atomic E-state index is 11.0. The Balaban J connectivity index is 1.82. The van der Waals surface area contributed by atoms with Gasteiger partial charge in [0.1, 0.15) is 11.3 Å². The summed E-state index contributed by atoms with van der Waals surface area (Å²) in [6.45, 7) is 0.807. The summed E-state index contributed by atoms with van der Waals surface area (Å²) in [5.74, 6) is 0.187. The number of carbonyl (C=O) groups is 1. The number of carbonyl (C=O) groups excluding carboxylic acids is 1. The highest BCUT2D eigenvalue weighted by molar-refractivity contribution is 5.92. The van der Waals surface area contributed by atoms with Crippen LogP contribution < -0.4 is 5.73 Å². The lowest BCUT2D eigenvalue weighted by Gasteiger charge is -2.21. The Morgan fingerprint density at radius 2 is 2.37 bits per heavy atom. The first-order chi connectivity index (χ1) is 9.22. The summed E-state index contributed by atoms with van der Waals surface area (Å²) in [7, 11) is 0. The number of hydrogen-bond donors (Lipinski definition) is 2. The number of H-pyrrole nitrogens is 1. The lowest BCUT2D eigenvalue weighted by atomic mass is 10.1. The van der Waals surface area contributed by atoms with E-state index < -0.39 is 5.91 Å². The molecule has 1 atom stereocenters. The molecular formula is C12H15N5O2. The van der Waals surface area contributed by atoms with Crippen LogP contribution in [0.15, 0.2) is 6.20 Å². The van der Waals surface area contributed by atoms with E-state index in [-0.39, 0.29) is 11.9 Å². The van der Waals surface area contributed by atoms with E-state index in [1.807, 2.05) is 0 Å². The monoisotopic (exact) mass is 261 g/mol. The van der Waals surface area contributed by atoms with Crippen molar-refractivity contribution < 1.29 is 9.53 Å². The van der Waals surface area contributed by atoms with Gasteiger partial charge in [-0.05, 0) is 19.3 Å². The normalized spacial score (nSPS) is 19.7. The van der Waals surface area contributed by atoms with Crippen molar-refractivity contribution in [2.75, 3.05) is 6.61 Å². The summed E-state index contributed by atoms with van der Waals surface area (Å²) < 4.78 is 5.66. The van der Waals surface area contributed by atoms with E-state index in [0.29, 0.717) is 23.4 Å². The van der Waals surface area contributed by atoms with Crippen molar-refractivity contribution in [3.63, 3.8) is 0 Å². The number of imidazole rings is 1. The molecule has 3 heterocycles. The molecule has 0 aliphatic carbocycles. The number of nitrogens with one attached hydrogen (secondary N) is 1. The molecule has 0 saturated carbocycles. The minimum Gasteiger partial charge on any atom is -0.378 e. The van der Waals surface area contributed by atoms with Gasteiger partial charge in [-0.3, -0.25) is 4.79 Å². The molecular weight excluding hydrogens is 246 g/mol. The molecule has 3 rings (SSSR count). The molecule has 0 radical (unpaired) electrons. The van der Waals surface area contributed by atoms with Gasteiger partial charge >= 0.3 is 0 Å². The first kappa shape index (κ1) is 12.0. The highest BCUT2D eigenvalue weighted by atomic mass is 16.5. The second-order valence-corrected chi connectivity index (χ2v) is 4.67. The molecule has 1 fully saturated rings. The Morgan fingerprint density at radius 1 is 1.47 bits per heavy atom. The van der Waals surface area contributed by atoms with Crippen molar-refractivity contribution in [1.29, 1.82) is 0 Å². The lowest BCUT2D eigenvalue weighted by molar-refractivity contribution is 0.0157. The van der Waals surface area contributed by atoms with Gasteiger partial charge in [0, 0.05) is 13.0 Å². The summed E-state index contributed by atoms with van der Waals surface area (Å²) in [6, 6.07) is 0. The summed E-state index contributed by atoms with van der Waals surface area (Å²) in [4.78, 5) is 26.5. The molecule has 3 N–H and O–H groups in total. The van der Waals surface area contributed by atoms with E-state index in [4.69, 9.17) is 10.5 Å². The number of amides is 1. The number of primary amides is 1. The number of aromatic nitrogens is 4. The molecule has 100 valence electrons. The van der Waals surface area contributed by atoms with Crippen LogP contribution in [0.4, 0.5) is 0 Å². The molecule has 1 amide bonds. The van der Waals surface area contributed by atoms with Crippen LogP contribution in [0.1, 0.15) is 35.7 Å². The van der Waals surface area contributed by atoms with Gasteiger partial charge < -0.3 is 15.5 Å². The van der Waals surface area contributed by atoms with Gasteiger partial charge in [0.15, 0.2) is 11.5 Å². The van der Waals surface area contributed by atoms with Crippen molar-refractivity contribution in [2.24, 2.45) is 5.73 Å². The minimum absolute atomic E-state index is 0.107. The third-order valence-corrected chi connectivity index (χ3v) is 3.21. The van der Waals surface area contributed by atoms with Crippen LogP contribution in [-0.2, 0) is 11.2 Å². The van der Waals surface area contributed by atoms with E-state index in [9.17, 15) is 4.79 Å². The number of hydrogen-bond acceptors (Lipinski definition) is 5. The van der Waals surface area contributed by atoms with Crippen LogP contribution in [-0.4, -0.2) is 38.6 Å². The highest BCUT2D eigenvalue weighted by Crippen LogP contribution is 2.16. The zero-order chi connectivity index (χ0) is 13.2. The Bertz CT molecular complexity index is 603. The standard InChI is InChI=1S/C12H15N5O2/c13-10(18)12-15-8-6-14-9(16-11(8)17-12)5-7-3-1-2-4-19-7/h6-7H,1-5H2,(H2,13,18)(H,14,15,16,17). The quantitative estimate of drug-likeness (QED) is 0.839. The predicted octanol–water partition coefficient (Wildman–Crippen LogP) is 0.563. The molecule has 7 nitrogen and oxygen atoms in total. The van der Waals surface area contributed by atoms with E-state index in [2.05, 4.69) is 19.9 Å². The summed E-state index contributed by atoms with van der Waals surface area (Å²) in [5.41, 5.74) is 6.24. The van der Waals surface area contributed by atoms with Gasteiger partial charge in [0.2, 0.25) is 0 Å². The maximum Gasteiger partial charge on any atom is 0.284 e. The van der Waals surface area contributed by atoms with Gasteiger partial charge in [0.05, 0.1) is 12.3 Å². The average molecular weight is 261 g/mol. The highest BCUT2D eigenvalue weighted by Gasteiger charge is 2.17. The van der Waals surface area contributed by atoms with Gasteiger partial charge in [-0.2, -0.15) is 0 Å². The first-order valence-electron chi connectivity index (χ1n) is 6.35. The molecule has 2 aromatic rings. The summed E-state index contributed by atoms with van der Waals surface area (Å²) in [6.07, 6.45) is 5.82. The minimum atomic E-state index is -0.602. The van der Waals surface area contributed by atoms with Crippen molar-refractivity contribution in [2.45, 2.75) is 31.8 Å². The SMILES string of the molecule is NC(=O)c1nc2nc(CC3CCCCO3)ncc2[nH]1. The lowest BCUT2D eigenvalue weighted by Crippen LogP contribution is -2.22. The van der Waals surface area contributed by atoms with E-state index in [1.54, 1.807) is 6.20 Å². The van der Waals surface area contributed by atoms with Crippen LogP contribution >= 0.6 is 0 Å². The molecule has 1 saturated heterocycles. The number of fused-ring (bicyclic) bond motifs is 1. The van der Waals surface area contributed by atoms with E-state index in [0.717, 1.165) is 19.4 Å². The number of ether oxygens (including phenoxy) is 1. The van der Waals surface area contributed by atoms with Crippen LogP contribution in [0.3, 0.4) is 0 Å². The zero-order valence-electron chi connectivity index (χ0n) is 10.4. The van der Waals surface area contributed by atoms with Crippen LogP contribution in [0.25, 0.3) is 11.2 Å². The average Bonchev–Trinajstić information content (AvgIpc) is 2.83. The number of nitrogens with zero attached hydrogens (tertiary/aromatic N) is 3. The fourth-order valence-electron chi connectivity index (χ4n) is 2.23. The largest absolute Gasteiger partial charge is 0.378 e. The van der Waals surface area contributed by atoms with Crippen LogP contribution in [0.2, 0.25) is 0 Å². The fourth-order valence-corrected chi connectivity index (χ4v) is 2.23. The van der Waals surface area contributed by atoms with Gasteiger partial charge in [-0.25, -0.2) is 15.0 Å². The van der Waals surface area contributed by atoms with Crippen LogP contribution in [0.5, 0.6) is 0 Å². The van der Waals surface area contributed by atoms with Crippen molar-refractivity contribution in [3.05, 3.63) is 17.8 Å².